The Balaban J connectivity index is 1.35. The van der Waals surface area contributed by atoms with Crippen molar-refractivity contribution in [2.24, 2.45) is 0 Å². The molecule has 2 heterocycles. The molecule has 0 bridgehead atoms. The van der Waals surface area contributed by atoms with E-state index in [4.69, 9.17) is 9.26 Å². The molecule has 10 nitrogen and oxygen atoms in total. The first-order valence-corrected chi connectivity index (χ1v) is 14.9. The van der Waals surface area contributed by atoms with Gasteiger partial charge in [-0.3, -0.25) is 4.90 Å². The molecule has 2 atom stereocenters. The number of sulfonamides is 1. The summed E-state index contributed by atoms with van der Waals surface area (Å²) in [6.45, 7) is 5.43. The zero-order valence-corrected chi connectivity index (χ0v) is 22.9. The molecule has 0 radical (unpaired) electrons. The fraction of sp³-hybridized carbons (Fsp3) is 0.464. The molecule has 11 heteroatoms. The van der Waals surface area contributed by atoms with Crippen LogP contribution in [0.3, 0.4) is 0 Å². The number of β-amino-alcohol motifs (C(OH)–C–C–N with tert-alkyl or cyclic N) is 1. The predicted octanol–water partition coefficient (Wildman–Crippen LogP) is 3.43. The first kappa shape index (κ1) is 27.3. The maximum Gasteiger partial charge on any atom is 0.258 e. The number of likely N-dealkylation sites (tertiary alicyclic amines) is 1. The molecule has 1 aliphatic heterocycles. The molecule has 39 heavy (non-hydrogen) atoms. The van der Waals surface area contributed by atoms with E-state index >= 15 is 0 Å². The largest absolute Gasteiger partial charge is 0.490 e. The molecule has 3 aromatic rings. The van der Waals surface area contributed by atoms with Gasteiger partial charge in [0.1, 0.15) is 11.8 Å². The van der Waals surface area contributed by atoms with E-state index in [1.54, 1.807) is 18.2 Å². The summed E-state index contributed by atoms with van der Waals surface area (Å²) in [5, 5.41) is 23.5. The van der Waals surface area contributed by atoms with Crippen LogP contribution in [0.2, 0.25) is 0 Å². The van der Waals surface area contributed by atoms with Gasteiger partial charge in [-0.2, -0.15) is 10.2 Å². The Morgan fingerprint density at radius 2 is 2.13 bits per heavy atom. The summed E-state index contributed by atoms with van der Waals surface area (Å²) < 4.78 is 40.0. The van der Waals surface area contributed by atoms with Crippen LogP contribution < -0.4 is 9.46 Å². The normalized spacial score (nSPS) is 19.7. The smallest absolute Gasteiger partial charge is 0.258 e. The second kappa shape index (κ2) is 11.4. The second-order valence-electron chi connectivity index (χ2n) is 10.4. The highest BCUT2D eigenvalue weighted by Gasteiger charge is 2.29. The SMILES string of the molecule is CC(C)Oc1ccc(-c2nc(-c3cccc4c3CCC[C@@H]4NS(=O)(=O)CCN3CC[C@@H](O)C3)no2)cc1C#N. The lowest BCUT2D eigenvalue weighted by atomic mass is 9.85. The molecule has 0 amide bonds. The summed E-state index contributed by atoms with van der Waals surface area (Å²) in [5.74, 6) is 1.19. The molecule has 1 saturated heterocycles. The minimum absolute atomic E-state index is 0.00880. The number of benzene rings is 2. The molecular weight excluding hydrogens is 518 g/mol. The first-order valence-electron chi connectivity index (χ1n) is 13.3. The molecule has 1 aliphatic carbocycles. The molecule has 1 fully saturated rings. The monoisotopic (exact) mass is 551 g/mol. The van der Waals surface area contributed by atoms with E-state index in [1.165, 1.54) is 0 Å². The van der Waals surface area contributed by atoms with Crippen molar-refractivity contribution in [2.75, 3.05) is 25.4 Å². The van der Waals surface area contributed by atoms with E-state index in [-0.39, 0.29) is 29.9 Å². The van der Waals surface area contributed by atoms with E-state index < -0.39 is 10.0 Å². The second-order valence-corrected chi connectivity index (χ2v) is 12.3. The van der Waals surface area contributed by atoms with Crippen molar-refractivity contribution < 1.29 is 22.8 Å². The molecule has 2 aliphatic rings. The van der Waals surface area contributed by atoms with Gasteiger partial charge >= 0.3 is 0 Å². The molecule has 2 N–H and O–H groups in total. The van der Waals surface area contributed by atoms with Gasteiger partial charge in [-0.15, -0.1) is 0 Å². The minimum atomic E-state index is -3.52. The summed E-state index contributed by atoms with van der Waals surface area (Å²) in [4.78, 5) is 6.59. The molecular formula is C28H33N5O5S. The molecule has 5 rings (SSSR count). The summed E-state index contributed by atoms with van der Waals surface area (Å²) in [7, 11) is -3.52. The lowest BCUT2D eigenvalue weighted by Crippen LogP contribution is -2.37. The van der Waals surface area contributed by atoms with Crippen LogP contribution in [0.5, 0.6) is 5.75 Å². The molecule has 206 valence electrons. The van der Waals surface area contributed by atoms with E-state index in [0.29, 0.717) is 55.2 Å². The minimum Gasteiger partial charge on any atom is -0.490 e. The zero-order chi connectivity index (χ0) is 27.6. The van der Waals surface area contributed by atoms with Gasteiger partial charge in [-0.1, -0.05) is 23.4 Å². The van der Waals surface area contributed by atoms with Crippen molar-refractivity contribution in [2.45, 2.75) is 57.8 Å². The van der Waals surface area contributed by atoms with Gasteiger partial charge in [-0.25, -0.2) is 13.1 Å². The lowest BCUT2D eigenvalue weighted by molar-refractivity contribution is 0.178. The Kier molecular flexibility index (Phi) is 8.00. The van der Waals surface area contributed by atoms with Crippen molar-refractivity contribution >= 4 is 10.0 Å². The number of hydrogen-bond acceptors (Lipinski definition) is 9. The van der Waals surface area contributed by atoms with Gasteiger partial charge in [0, 0.05) is 36.8 Å². The van der Waals surface area contributed by atoms with Crippen LogP contribution in [0.4, 0.5) is 0 Å². The number of aliphatic hydroxyl groups excluding tert-OH is 1. The summed E-state index contributed by atoms with van der Waals surface area (Å²) in [6.07, 6.45) is 2.55. The van der Waals surface area contributed by atoms with Gasteiger partial charge in [0.05, 0.1) is 23.5 Å². The quantitative estimate of drug-likeness (QED) is 0.409. The lowest BCUT2D eigenvalue weighted by Gasteiger charge is -2.28. The van der Waals surface area contributed by atoms with E-state index in [1.807, 2.05) is 36.9 Å². The highest BCUT2D eigenvalue weighted by Crippen LogP contribution is 2.36. The van der Waals surface area contributed by atoms with Crippen LogP contribution in [-0.2, 0) is 16.4 Å². The number of rotatable bonds is 9. The summed E-state index contributed by atoms with van der Waals surface area (Å²) in [5.41, 5.74) is 3.73. The van der Waals surface area contributed by atoms with Crippen LogP contribution in [0.1, 0.15) is 55.8 Å². The Hall–Kier alpha value is -3.30. The Morgan fingerprint density at radius 3 is 2.87 bits per heavy atom. The zero-order valence-electron chi connectivity index (χ0n) is 22.1. The maximum absolute atomic E-state index is 12.9. The average Bonchev–Trinajstić information content (AvgIpc) is 3.56. The van der Waals surface area contributed by atoms with Gasteiger partial charge < -0.3 is 14.4 Å². The fourth-order valence-electron chi connectivity index (χ4n) is 5.28. The van der Waals surface area contributed by atoms with Crippen molar-refractivity contribution in [3.8, 4) is 34.7 Å². The molecule has 0 unspecified atom stereocenters. The number of nitriles is 1. The van der Waals surface area contributed by atoms with Gasteiger partial charge in [0.15, 0.2) is 0 Å². The van der Waals surface area contributed by atoms with Crippen molar-refractivity contribution in [1.29, 1.82) is 5.26 Å². The van der Waals surface area contributed by atoms with Crippen LogP contribution in [0, 0.1) is 11.3 Å². The van der Waals surface area contributed by atoms with Crippen molar-refractivity contribution in [3.05, 3.63) is 53.1 Å². The van der Waals surface area contributed by atoms with Gasteiger partial charge in [0.25, 0.3) is 5.89 Å². The van der Waals surface area contributed by atoms with Crippen LogP contribution >= 0.6 is 0 Å². The summed E-state index contributed by atoms with van der Waals surface area (Å²) in [6, 6.07) is 12.8. The topological polar surface area (TPSA) is 142 Å². The molecule has 1 aromatic heterocycles. The average molecular weight is 552 g/mol. The van der Waals surface area contributed by atoms with Crippen LogP contribution in [-0.4, -0.2) is 66.2 Å². The third-order valence-corrected chi connectivity index (χ3v) is 8.49. The highest BCUT2D eigenvalue weighted by molar-refractivity contribution is 7.89. The molecule has 0 spiro atoms. The van der Waals surface area contributed by atoms with E-state index in [2.05, 4.69) is 20.9 Å². The third kappa shape index (κ3) is 6.31. The third-order valence-electron chi connectivity index (χ3n) is 7.13. The number of aliphatic hydroxyl groups is 1. The molecule has 2 aromatic carbocycles. The van der Waals surface area contributed by atoms with Crippen LogP contribution in [0.25, 0.3) is 22.8 Å². The Morgan fingerprint density at radius 1 is 1.28 bits per heavy atom. The first-order chi connectivity index (χ1) is 18.7. The number of ether oxygens (including phenoxy) is 1. The standard InChI is InChI=1S/C28H33N5O5S/c1-18(2)37-26-10-9-19(15-20(26)16-29)28-30-27(31-38-28)24-7-3-6-23-22(24)5-4-8-25(23)32-39(35,36)14-13-33-12-11-21(34)17-33/h3,6-7,9-10,15,18,21,25,32,34H,4-5,8,11-14,17H2,1-2H3/t21-,25+/m1/s1. The predicted molar refractivity (Wildman–Crippen MR) is 145 cm³/mol. The maximum atomic E-state index is 12.9. The fourth-order valence-corrected chi connectivity index (χ4v) is 6.57. The van der Waals surface area contributed by atoms with Crippen LogP contribution in [0.15, 0.2) is 40.9 Å². The van der Waals surface area contributed by atoms with Crippen molar-refractivity contribution in [3.63, 3.8) is 0 Å². The van der Waals surface area contributed by atoms with Gasteiger partial charge in [-0.05, 0) is 68.9 Å². The number of aromatic nitrogens is 2. The van der Waals surface area contributed by atoms with E-state index in [9.17, 15) is 18.8 Å². The number of nitrogens with zero attached hydrogens (tertiary/aromatic N) is 4. The summed E-state index contributed by atoms with van der Waals surface area (Å²) >= 11 is 0. The highest BCUT2D eigenvalue weighted by atomic mass is 32.2. The number of fused-ring (bicyclic) bond motifs is 1. The van der Waals surface area contributed by atoms with Crippen molar-refractivity contribution in [1.82, 2.24) is 19.8 Å². The van der Waals surface area contributed by atoms with Gasteiger partial charge in [0.2, 0.25) is 15.8 Å². The Labute approximate surface area is 228 Å². The number of nitrogens with one attached hydrogen (secondary N) is 1. The Bertz CT molecular complexity index is 1480. The van der Waals surface area contributed by atoms with E-state index in [0.717, 1.165) is 29.5 Å². The molecule has 0 saturated carbocycles. The number of hydrogen-bond donors (Lipinski definition) is 2.